The molecule has 2 heterocycles. The zero-order valence-electron chi connectivity index (χ0n) is 14.2. The number of ether oxygens (including phenoxy) is 1. The number of nitrogens with one attached hydrogen (secondary N) is 1. The molecule has 1 aliphatic carbocycles. The lowest BCUT2D eigenvalue weighted by Gasteiger charge is -2.24. The van der Waals surface area contributed by atoms with Gasteiger partial charge in [-0.1, -0.05) is 12.1 Å². The summed E-state index contributed by atoms with van der Waals surface area (Å²) in [5.74, 6) is 1.80. The van der Waals surface area contributed by atoms with Gasteiger partial charge in [-0.2, -0.15) is 5.10 Å². The minimum atomic E-state index is 0.0366. The topological polar surface area (TPSA) is 56.2 Å². The summed E-state index contributed by atoms with van der Waals surface area (Å²) in [5.41, 5.74) is 3.22. The molecule has 5 heteroatoms. The highest BCUT2D eigenvalue weighted by atomic mass is 16.5. The van der Waals surface area contributed by atoms with Gasteiger partial charge in [0.2, 0.25) is 5.91 Å². The molecule has 1 N–H and O–H groups in total. The van der Waals surface area contributed by atoms with Gasteiger partial charge in [-0.15, -0.1) is 0 Å². The van der Waals surface area contributed by atoms with Crippen molar-refractivity contribution in [2.75, 3.05) is 5.32 Å². The van der Waals surface area contributed by atoms with Crippen molar-refractivity contribution in [1.82, 2.24) is 9.78 Å². The van der Waals surface area contributed by atoms with E-state index in [0.717, 1.165) is 41.2 Å². The normalized spacial score (nSPS) is 20.8. The van der Waals surface area contributed by atoms with Crippen LogP contribution in [0.1, 0.15) is 54.8 Å². The average molecular weight is 325 g/mol. The van der Waals surface area contributed by atoms with Crippen molar-refractivity contribution in [3.63, 3.8) is 0 Å². The first-order valence-corrected chi connectivity index (χ1v) is 8.72. The Morgan fingerprint density at radius 1 is 1.29 bits per heavy atom. The maximum atomic E-state index is 12.2. The fourth-order valence-corrected chi connectivity index (χ4v) is 4.00. The fraction of sp³-hybridized carbons (Fsp3) is 0.474. The van der Waals surface area contributed by atoms with Crippen LogP contribution in [0.25, 0.3) is 0 Å². The highest BCUT2D eigenvalue weighted by molar-refractivity contribution is 5.94. The van der Waals surface area contributed by atoms with Gasteiger partial charge >= 0.3 is 0 Å². The van der Waals surface area contributed by atoms with E-state index in [-0.39, 0.29) is 11.8 Å². The molecule has 24 heavy (non-hydrogen) atoms. The van der Waals surface area contributed by atoms with Crippen LogP contribution in [0.2, 0.25) is 0 Å². The van der Waals surface area contributed by atoms with Crippen LogP contribution in [0.3, 0.4) is 0 Å². The minimum absolute atomic E-state index is 0.0366. The third-order valence-corrected chi connectivity index (χ3v) is 5.13. The van der Waals surface area contributed by atoms with E-state index in [0.29, 0.717) is 12.5 Å². The number of rotatable bonds is 3. The van der Waals surface area contributed by atoms with Crippen molar-refractivity contribution in [1.29, 1.82) is 0 Å². The van der Waals surface area contributed by atoms with Crippen LogP contribution >= 0.6 is 0 Å². The van der Waals surface area contributed by atoms with Crippen LogP contribution in [-0.4, -0.2) is 21.8 Å². The van der Waals surface area contributed by atoms with Gasteiger partial charge in [0, 0.05) is 24.9 Å². The Kier molecular flexibility index (Phi) is 3.79. The molecular weight excluding hydrogens is 302 g/mol. The Labute approximate surface area is 142 Å². The molecule has 0 spiro atoms. The molecule has 1 amide bonds. The summed E-state index contributed by atoms with van der Waals surface area (Å²) in [6.45, 7) is 2.00. The number of carbonyl (C=O) groups excluding carboxylic acids is 1. The zero-order valence-corrected chi connectivity index (χ0v) is 14.2. The second-order valence-corrected chi connectivity index (χ2v) is 6.87. The third kappa shape index (κ3) is 2.68. The molecule has 0 bridgehead atoms. The standard InChI is InChI=1S/C19H23N3O2/c1-12-18-16(11-17(23)20-19(18)22(2)21-12)13-6-5-9-15(10-13)24-14-7-3-4-8-14/h5-6,9-10,14,16H,3-4,7-8,11H2,1-2H3,(H,20,23). The second kappa shape index (κ2) is 5.96. The van der Waals surface area contributed by atoms with Crippen molar-refractivity contribution in [3.8, 4) is 5.75 Å². The zero-order chi connectivity index (χ0) is 16.7. The average Bonchev–Trinajstić information content (AvgIpc) is 3.16. The highest BCUT2D eigenvalue weighted by Gasteiger charge is 2.31. The summed E-state index contributed by atoms with van der Waals surface area (Å²) in [6.07, 6.45) is 5.58. The summed E-state index contributed by atoms with van der Waals surface area (Å²) >= 11 is 0. The summed E-state index contributed by atoms with van der Waals surface area (Å²) in [7, 11) is 1.87. The molecule has 1 unspecified atom stereocenters. The number of hydrogen-bond acceptors (Lipinski definition) is 3. The molecule has 1 fully saturated rings. The SMILES string of the molecule is Cc1nn(C)c2c1C(c1cccc(OC3CCCC3)c1)CC(=O)N2. The smallest absolute Gasteiger partial charge is 0.226 e. The molecule has 1 atom stereocenters. The minimum Gasteiger partial charge on any atom is -0.490 e. The van der Waals surface area contributed by atoms with Gasteiger partial charge in [-0.25, -0.2) is 0 Å². The number of aryl methyl sites for hydroxylation is 2. The third-order valence-electron chi connectivity index (χ3n) is 5.13. The maximum absolute atomic E-state index is 12.2. The fourth-order valence-electron chi connectivity index (χ4n) is 4.00. The van der Waals surface area contributed by atoms with Gasteiger partial charge in [0.25, 0.3) is 0 Å². The highest BCUT2D eigenvalue weighted by Crippen LogP contribution is 2.39. The predicted octanol–water partition coefficient (Wildman–Crippen LogP) is 3.52. The van der Waals surface area contributed by atoms with E-state index in [9.17, 15) is 4.79 Å². The van der Waals surface area contributed by atoms with Gasteiger partial charge in [-0.05, 0) is 50.3 Å². The van der Waals surface area contributed by atoms with Crippen molar-refractivity contribution < 1.29 is 9.53 Å². The number of fused-ring (bicyclic) bond motifs is 1. The summed E-state index contributed by atoms with van der Waals surface area (Å²) in [4.78, 5) is 12.2. The lowest BCUT2D eigenvalue weighted by Crippen LogP contribution is -2.24. The Hall–Kier alpha value is -2.30. The van der Waals surface area contributed by atoms with Gasteiger partial charge < -0.3 is 10.1 Å². The Balaban J connectivity index is 1.67. The quantitative estimate of drug-likeness (QED) is 0.939. The lowest BCUT2D eigenvalue weighted by molar-refractivity contribution is -0.116. The van der Waals surface area contributed by atoms with E-state index in [2.05, 4.69) is 22.5 Å². The molecule has 5 nitrogen and oxygen atoms in total. The van der Waals surface area contributed by atoms with Crippen molar-refractivity contribution in [2.24, 2.45) is 7.05 Å². The van der Waals surface area contributed by atoms with Crippen LogP contribution in [0.5, 0.6) is 5.75 Å². The summed E-state index contributed by atoms with van der Waals surface area (Å²) in [6, 6.07) is 8.22. The second-order valence-electron chi connectivity index (χ2n) is 6.87. The van der Waals surface area contributed by atoms with E-state index < -0.39 is 0 Å². The lowest BCUT2D eigenvalue weighted by atomic mass is 9.86. The summed E-state index contributed by atoms with van der Waals surface area (Å²) in [5, 5.41) is 7.43. The maximum Gasteiger partial charge on any atom is 0.226 e. The van der Waals surface area contributed by atoms with E-state index in [4.69, 9.17) is 4.74 Å². The molecule has 1 aliphatic heterocycles. The van der Waals surface area contributed by atoms with Gasteiger partial charge in [0.1, 0.15) is 11.6 Å². The van der Waals surface area contributed by atoms with E-state index in [1.165, 1.54) is 12.8 Å². The number of amides is 1. The van der Waals surface area contributed by atoms with Gasteiger partial charge in [-0.3, -0.25) is 9.48 Å². The first-order chi connectivity index (χ1) is 11.6. The number of anilines is 1. The van der Waals surface area contributed by atoms with Crippen LogP contribution < -0.4 is 10.1 Å². The van der Waals surface area contributed by atoms with Crippen LogP contribution in [0, 0.1) is 6.92 Å². The molecule has 0 saturated heterocycles. The molecule has 1 aromatic carbocycles. The molecule has 4 rings (SSSR count). The number of carbonyl (C=O) groups is 1. The number of nitrogens with zero attached hydrogens (tertiary/aromatic N) is 2. The molecule has 1 saturated carbocycles. The van der Waals surface area contributed by atoms with Crippen molar-refractivity contribution in [3.05, 3.63) is 41.1 Å². The van der Waals surface area contributed by atoms with Crippen molar-refractivity contribution >= 4 is 11.7 Å². The summed E-state index contributed by atoms with van der Waals surface area (Å²) < 4.78 is 7.89. The van der Waals surface area contributed by atoms with Crippen LogP contribution in [-0.2, 0) is 11.8 Å². The molecular formula is C19H23N3O2. The van der Waals surface area contributed by atoms with Crippen LogP contribution in [0.4, 0.5) is 5.82 Å². The number of benzene rings is 1. The molecule has 2 aromatic rings. The Morgan fingerprint density at radius 2 is 2.08 bits per heavy atom. The van der Waals surface area contributed by atoms with E-state index >= 15 is 0 Å². The monoisotopic (exact) mass is 325 g/mol. The van der Waals surface area contributed by atoms with E-state index in [1.54, 1.807) is 4.68 Å². The molecule has 0 radical (unpaired) electrons. The van der Waals surface area contributed by atoms with E-state index in [1.807, 2.05) is 26.1 Å². The van der Waals surface area contributed by atoms with Crippen LogP contribution in [0.15, 0.2) is 24.3 Å². The molecule has 2 aliphatic rings. The largest absolute Gasteiger partial charge is 0.490 e. The Bertz CT molecular complexity index is 775. The van der Waals surface area contributed by atoms with Gasteiger partial charge in [0.15, 0.2) is 0 Å². The molecule has 1 aromatic heterocycles. The Morgan fingerprint density at radius 3 is 2.88 bits per heavy atom. The predicted molar refractivity (Wildman–Crippen MR) is 92.4 cm³/mol. The number of hydrogen-bond donors (Lipinski definition) is 1. The first-order valence-electron chi connectivity index (χ1n) is 8.72. The molecule has 126 valence electrons. The number of aromatic nitrogens is 2. The van der Waals surface area contributed by atoms with Crippen molar-refractivity contribution in [2.45, 2.75) is 51.0 Å². The van der Waals surface area contributed by atoms with Gasteiger partial charge in [0.05, 0.1) is 11.8 Å². The first kappa shape index (κ1) is 15.2.